The number of hydrogen-bond donors (Lipinski definition) is 1. The minimum Gasteiger partial charge on any atom is -0.490 e. The summed E-state index contributed by atoms with van der Waals surface area (Å²) in [5.74, 6) is 0.891. The summed E-state index contributed by atoms with van der Waals surface area (Å²) in [6.45, 7) is 0. The maximum atomic E-state index is 10.5. The number of ether oxygens (including phenoxy) is 1. The van der Waals surface area contributed by atoms with Crippen molar-refractivity contribution >= 4 is 6.29 Å². The predicted octanol–water partition coefficient (Wildman–Crippen LogP) is 2.43. The topological polar surface area (TPSA) is 55.0 Å². The molecule has 1 aromatic carbocycles. The molecule has 0 saturated heterocycles. The van der Waals surface area contributed by atoms with E-state index in [1.54, 1.807) is 6.07 Å². The predicted molar refractivity (Wildman–Crippen MR) is 63.1 cm³/mol. The third-order valence-electron chi connectivity index (χ3n) is 2.70. The van der Waals surface area contributed by atoms with Gasteiger partial charge in [0.05, 0.1) is 17.5 Å². The van der Waals surface area contributed by atoms with Crippen molar-refractivity contribution in [2.45, 2.75) is 18.9 Å². The first-order valence-electron chi connectivity index (χ1n) is 5.63. The number of hydrogen-bond acceptors (Lipinski definition) is 3. The van der Waals surface area contributed by atoms with Crippen LogP contribution >= 0.6 is 0 Å². The molecule has 0 bridgehead atoms. The van der Waals surface area contributed by atoms with Crippen LogP contribution in [0.1, 0.15) is 23.3 Å². The number of carbonyl (C=O) groups is 1. The zero-order chi connectivity index (χ0) is 11.7. The van der Waals surface area contributed by atoms with Gasteiger partial charge in [-0.1, -0.05) is 0 Å². The lowest BCUT2D eigenvalue weighted by Gasteiger charge is -2.04. The van der Waals surface area contributed by atoms with Crippen molar-refractivity contribution in [3.63, 3.8) is 0 Å². The molecule has 1 aliphatic rings. The van der Waals surface area contributed by atoms with E-state index in [1.807, 2.05) is 24.3 Å². The molecule has 0 amide bonds. The van der Waals surface area contributed by atoms with Gasteiger partial charge in [-0.3, -0.25) is 9.89 Å². The van der Waals surface area contributed by atoms with E-state index in [0.717, 1.165) is 36.1 Å². The van der Waals surface area contributed by atoms with Crippen molar-refractivity contribution in [3.05, 3.63) is 36.0 Å². The fourth-order valence-corrected chi connectivity index (χ4v) is 1.63. The van der Waals surface area contributed by atoms with E-state index in [9.17, 15) is 4.79 Å². The van der Waals surface area contributed by atoms with E-state index in [1.165, 1.54) is 0 Å². The fourth-order valence-electron chi connectivity index (χ4n) is 1.63. The van der Waals surface area contributed by atoms with Gasteiger partial charge in [-0.05, 0) is 43.2 Å². The minimum absolute atomic E-state index is 0.410. The van der Waals surface area contributed by atoms with E-state index in [2.05, 4.69) is 10.2 Å². The van der Waals surface area contributed by atoms with Crippen LogP contribution in [0.15, 0.2) is 30.3 Å². The van der Waals surface area contributed by atoms with Crippen LogP contribution in [-0.4, -0.2) is 22.6 Å². The summed E-state index contributed by atoms with van der Waals surface area (Å²) in [7, 11) is 0. The highest BCUT2D eigenvalue weighted by atomic mass is 16.5. The van der Waals surface area contributed by atoms with Gasteiger partial charge in [0, 0.05) is 5.56 Å². The van der Waals surface area contributed by atoms with Crippen LogP contribution in [0.3, 0.4) is 0 Å². The van der Waals surface area contributed by atoms with E-state index >= 15 is 0 Å². The Morgan fingerprint density at radius 1 is 1.29 bits per heavy atom. The molecule has 1 saturated carbocycles. The zero-order valence-electron chi connectivity index (χ0n) is 9.22. The van der Waals surface area contributed by atoms with Crippen molar-refractivity contribution < 1.29 is 9.53 Å². The van der Waals surface area contributed by atoms with Crippen LogP contribution in [0.25, 0.3) is 11.3 Å². The maximum absolute atomic E-state index is 10.5. The zero-order valence-corrected chi connectivity index (χ0v) is 9.22. The molecular weight excluding hydrogens is 216 g/mol. The lowest BCUT2D eigenvalue weighted by molar-refractivity contribution is 0.111. The molecule has 86 valence electrons. The molecule has 1 fully saturated rings. The van der Waals surface area contributed by atoms with Crippen LogP contribution in [-0.2, 0) is 0 Å². The molecule has 0 unspecified atom stereocenters. The van der Waals surface area contributed by atoms with Crippen molar-refractivity contribution in [3.8, 4) is 17.0 Å². The van der Waals surface area contributed by atoms with Crippen LogP contribution in [0.2, 0.25) is 0 Å². The second kappa shape index (κ2) is 4.05. The Labute approximate surface area is 98.6 Å². The molecule has 4 heteroatoms. The van der Waals surface area contributed by atoms with Crippen LogP contribution in [0.4, 0.5) is 0 Å². The summed E-state index contributed by atoms with van der Waals surface area (Å²) >= 11 is 0. The van der Waals surface area contributed by atoms with Gasteiger partial charge in [0.25, 0.3) is 0 Å². The number of nitrogens with zero attached hydrogens (tertiary/aromatic N) is 1. The molecule has 0 aliphatic heterocycles. The first-order chi connectivity index (χ1) is 8.35. The molecule has 0 radical (unpaired) electrons. The number of benzene rings is 1. The van der Waals surface area contributed by atoms with E-state index in [0.29, 0.717) is 11.8 Å². The maximum Gasteiger partial charge on any atom is 0.167 e. The van der Waals surface area contributed by atoms with E-state index in [4.69, 9.17) is 4.74 Å². The number of rotatable bonds is 4. The van der Waals surface area contributed by atoms with Crippen molar-refractivity contribution in [2.75, 3.05) is 0 Å². The lowest BCUT2D eigenvalue weighted by atomic mass is 10.1. The molecule has 1 aliphatic carbocycles. The first kappa shape index (κ1) is 10.1. The molecule has 4 nitrogen and oxygen atoms in total. The summed E-state index contributed by atoms with van der Waals surface area (Å²) in [5.41, 5.74) is 2.22. The van der Waals surface area contributed by atoms with E-state index < -0.39 is 0 Å². The first-order valence-corrected chi connectivity index (χ1v) is 5.63. The monoisotopic (exact) mass is 228 g/mol. The molecule has 1 heterocycles. The number of H-pyrrole nitrogens is 1. The van der Waals surface area contributed by atoms with Gasteiger partial charge in [-0.2, -0.15) is 5.10 Å². The Balaban J connectivity index is 1.80. The molecule has 0 atom stereocenters. The van der Waals surface area contributed by atoms with Gasteiger partial charge in [-0.15, -0.1) is 0 Å². The van der Waals surface area contributed by atoms with Crippen LogP contribution in [0.5, 0.6) is 5.75 Å². The third kappa shape index (κ3) is 2.20. The van der Waals surface area contributed by atoms with Crippen molar-refractivity contribution in [2.24, 2.45) is 0 Å². The Hall–Kier alpha value is -2.10. The highest BCUT2D eigenvalue weighted by molar-refractivity contribution is 5.75. The SMILES string of the molecule is O=Cc1cc(-c2ccc(OC3CC3)cc2)n[nH]1. The number of carbonyl (C=O) groups excluding carboxylic acids is 1. The molecule has 0 spiro atoms. The number of aromatic nitrogens is 2. The van der Waals surface area contributed by atoms with Gasteiger partial charge in [0.2, 0.25) is 0 Å². The van der Waals surface area contributed by atoms with Crippen LogP contribution in [0, 0.1) is 0 Å². The quantitative estimate of drug-likeness (QED) is 0.817. The van der Waals surface area contributed by atoms with E-state index in [-0.39, 0.29) is 0 Å². The average molecular weight is 228 g/mol. The normalized spacial score (nSPS) is 14.6. The largest absolute Gasteiger partial charge is 0.490 e. The second-order valence-electron chi connectivity index (χ2n) is 4.17. The molecule has 3 rings (SSSR count). The summed E-state index contributed by atoms with van der Waals surface area (Å²) in [6, 6.07) is 9.49. The second-order valence-corrected chi connectivity index (χ2v) is 4.17. The average Bonchev–Trinajstić information content (AvgIpc) is 3.05. The smallest absolute Gasteiger partial charge is 0.167 e. The third-order valence-corrected chi connectivity index (χ3v) is 2.70. The Morgan fingerprint density at radius 3 is 2.65 bits per heavy atom. The summed E-state index contributed by atoms with van der Waals surface area (Å²) in [5, 5.41) is 6.72. The van der Waals surface area contributed by atoms with Gasteiger partial charge in [0.15, 0.2) is 6.29 Å². The van der Waals surface area contributed by atoms with Crippen molar-refractivity contribution in [1.29, 1.82) is 0 Å². The highest BCUT2D eigenvalue weighted by Crippen LogP contribution is 2.28. The van der Waals surface area contributed by atoms with Gasteiger partial charge >= 0.3 is 0 Å². The summed E-state index contributed by atoms with van der Waals surface area (Å²) in [6.07, 6.45) is 3.47. The summed E-state index contributed by atoms with van der Waals surface area (Å²) in [4.78, 5) is 10.5. The fraction of sp³-hybridized carbons (Fsp3) is 0.231. The lowest BCUT2D eigenvalue weighted by Crippen LogP contribution is -1.95. The van der Waals surface area contributed by atoms with Crippen LogP contribution < -0.4 is 4.74 Å². The minimum atomic E-state index is 0.410. The standard InChI is InChI=1S/C13H12N2O2/c16-8-10-7-13(15-14-10)9-1-3-11(4-2-9)17-12-5-6-12/h1-4,7-8,12H,5-6H2,(H,14,15). The molecule has 2 aromatic rings. The number of aldehydes is 1. The number of nitrogens with one attached hydrogen (secondary N) is 1. The van der Waals surface area contributed by atoms with Gasteiger partial charge in [0.1, 0.15) is 5.75 Å². The van der Waals surface area contributed by atoms with Gasteiger partial charge in [-0.25, -0.2) is 0 Å². The molecule has 17 heavy (non-hydrogen) atoms. The summed E-state index contributed by atoms with van der Waals surface area (Å²) < 4.78 is 5.66. The molecular formula is C13H12N2O2. The Kier molecular flexibility index (Phi) is 2.40. The molecule has 1 aromatic heterocycles. The Bertz CT molecular complexity index is 527. The highest BCUT2D eigenvalue weighted by Gasteiger charge is 2.23. The number of aromatic amines is 1. The van der Waals surface area contributed by atoms with Gasteiger partial charge < -0.3 is 4.74 Å². The van der Waals surface area contributed by atoms with Crippen molar-refractivity contribution in [1.82, 2.24) is 10.2 Å². The Morgan fingerprint density at radius 2 is 2.06 bits per heavy atom. The molecule has 1 N–H and O–H groups in total.